The van der Waals surface area contributed by atoms with Gasteiger partial charge in [-0.1, -0.05) is 44.2 Å². The van der Waals surface area contributed by atoms with Crippen LogP contribution in [0.3, 0.4) is 0 Å². The second kappa shape index (κ2) is 5.71. The zero-order valence-electron chi connectivity index (χ0n) is 13.0. The largest absolute Gasteiger partial charge is 0.374 e. The summed E-state index contributed by atoms with van der Waals surface area (Å²) in [6.45, 7) is 6.58. The van der Waals surface area contributed by atoms with Gasteiger partial charge in [-0.15, -0.1) is 10.2 Å². The molecule has 3 rings (SSSR count). The minimum Gasteiger partial charge on any atom is -0.374 e. The molecule has 0 aliphatic carbocycles. The number of benzene rings is 1. The fraction of sp³-hybridized carbons (Fsp3) is 0.375. The molecule has 0 aliphatic rings. The van der Waals surface area contributed by atoms with Crippen LogP contribution in [-0.2, 0) is 0 Å². The Balaban J connectivity index is 1.88. The molecule has 0 bridgehead atoms. The Morgan fingerprint density at radius 3 is 2.77 bits per heavy atom. The Hall–Kier alpha value is -2.50. The fourth-order valence-corrected chi connectivity index (χ4v) is 2.49. The van der Waals surface area contributed by atoms with Crippen LogP contribution >= 0.6 is 0 Å². The number of pyridine rings is 1. The summed E-state index contributed by atoms with van der Waals surface area (Å²) in [6, 6.07) is 10.1. The van der Waals surface area contributed by atoms with E-state index in [-0.39, 0.29) is 11.5 Å². The third-order valence-electron chi connectivity index (χ3n) is 3.42. The quantitative estimate of drug-likeness (QED) is 0.772. The summed E-state index contributed by atoms with van der Waals surface area (Å²) in [7, 11) is 0. The highest BCUT2D eigenvalue weighted by Crippen LogP contribution is 2.30. The number of nitrogens with one attached hydrogen (secondary N) is 2. The van der Waals surface area contributed by atoms with Gasteiger partial charge in [0, 0.05) is 5.39 Å². The topological polar surface area (TPSA) is 79.4 Å². The molecule has 0 saturated carbocycles. The highest BCUT2D eigenvalue weighted by molar-refractivity contribution is 5.81. The Morgan fingerprint density at radius 1 is 1.23 bits per heavy atom. The SMILES string of the molecule is CC(C)(C)CC(Nc1cnc2ccccc2c1)c1nn[nH]n1. The number of tetrazole rings is 1. The summed E-state index contributed by atoms with van der Waals surface area (Å²) in [5.74, 6) is 0.670. The minimum absolute atomic E-state index is 0.0123. The molecule has 1 atom stereocenters. The maximum Gasteiger partial charge on any atom is 0.196 e. The Labute approximate surface area is 129 Å². The molecule has 2 heterocycles. The van der Waals surface area contributed by atoms with E-state index in [9.17, 15) is 0 Å². The third-order valence-corrected chi connectivity index (χ3v) is 3.42. The van der Waals surface area contributed by atoms with E-state index in [4.69, 9.17) is 0 Å². The number of rotatable bonds is 4. The lowest BCUT2D eigenvalue weighted by molar-refractivity contribution is 0.347. The molecule has 22 heavy (non-hydrogen) atoms. The number of anilines is 1. The normalized spacial score (nSPS) is 13.2. The van der Waals surface area contributed by atoms with Crippen LogP contribution in [0.2, 0.25) is 0 Å². The van der Waals surface area contributed by atoms with E-state index >= 15 is 0 Å². The molecule has 6 heteroatoms. The van der Waals surface area contributed by atoms with Crippen molar-refractivity contribution in [1.29, 1.82) is 0 Å². The average Bonchev–Trinajstić information content (AvgIpc) is 2.99. The first-order valence-corrected chi connectivity index (χ1v) is 7.36. The van der Waals surface area contributed by atoms with Gasteiger partial charge in [-0.2, -0.15) is 5.21 Å². The highest BCUT2D eigenvalue weighted by Gasteiger charge is 2.23. The molecule has 1 unspecified atom stereocenters. The van der Waals surface area contributed by atoms with E-state index in [1.807, 2.05) is 24.4 Å². The number of aromatic nitrogens is 5. The van der Waals surface area contributed by atoms with Gasteiger partial charge in [0.1, 0.15) is 0 Å². The molecule has 0 aliphatic heterocycles. The first-order valence-electron chi connectivity index (χ1n) is 7.36. The first kappa shape index (κ1) is 14.4. The van der Waals surface area contributed by atoms with Gasteiger partial charge in [0.05, 0.1) is 23.4 Å². The lowest BCUT2D eigenvalue weighted by atomic mass is 9.87. The predicted molar refractivity (Wildman–Crippen MR) is 86.4 cm³/mol. The molecule has 0 spiro atoms. The van der Waals surface area contributed by atoms with Gasteiger partial charge in [0.15, 0.2) is 5.82 Å². The maximum atomic E-state index is 4.49. The Kier molecular flexibility index (Phi) is 3.75. The van der Waals surface area contributed by atoms with Crippen molar-refractivity contribution in [1.82, 2.24) is 25.6 Å². The second-order valence-electron chi connectivity index (χ2n) is 6.65. The number of aromatic amines is 1. The van der Waals surface area contributed by atoms with Crippen LogP contribution in [0.1, 0.15) is 39.1 Å². The summed E-state index contributed by atoms with van der Waals surface area (Å²) < 4.78 is 0. The van der Waals surface area contributed by atoms with Crippen LogP contribution in [0.4, 0.5) is 5.69 Å². The van der Waals surface area contributed by atoms with Crippen LogP contribution in [0.15, 0.2) is 36.5 Å². The van der Waals surface area contributed by atoms with Crippen molar-refractivity contribution in [3.05, 3.63) is 42.4 Å². The first-order chi connectivity index (χ1) is 10.5. The van der Waals surface area contributed by atoms with E-state index < -0.39 is 0 Å². The standard InChI is InChI=1S/C16H20N6/c1-16(2,3)9-14(15-19-21-22-20-15)18-12-8-11-6-4-5-7-13(11)17-10-12/h4-8,10,14,18H,9H2,1-3H3,(H,19,20,21,22). The van der Waals surface area contributed by atoms with Gasteiger partial charge in [-0.05, 0) is 24.0 Å². The van der Waals surface area contributed by atoms with Crippen molar-refractivity contribution in [2.45, 2.75) is 33.2 Å². The van der Waals surface area contributed by atoms with Crippen molar-refractivity contribution >= 4 is 16.6 Å². The molecule has 0 amide bonds. The van der Waals surface area contributed by atoms with Crippen molar-refractivity contribution in [3.8, 4) is 0 Å². The number of H-pyrrole nitrogens is 1. The van der Waals surface area contributed by atoms with Gasteiger partial charge in [0.25, 0.3) is 0 Å². The number of nitrogens with zero attached hydrogens (tertiary/aromatic N) is 4. The molecule has 0 fully saturated rings. The molecule has 0 saturated heterocycles. The van der Waals surface area contributed by atoms with Crippen molar-refractivity contribution < 1.29 is 0 Å². The molecule has 2 aromatic heterocycles. The van der Waals surface area contributed by atoms with Crippen LogP contribution in [0.25, 0.3) is 10.9 Å². The van der Waals surface area contributed by atoms with Gasteiger partial charge in [0.2, 0.25) is 0 Å². The molecule has 1 aromatic carbocycles. The van der Waals surface area contributed by atoms with E-state index in [2.05, 4.69) is 63.8 Å². The molecular formula is C16H20N6. The minimum atomic E-state index is -0.0123. The van der Waals surface area contributed by atoms with Crippen molar-refractivity contribution in [2.75, 3.05) is 5.32 Å². The molecule has 2 N–H and O–H groups in total. The zero-order valence-corrected chi connectivity index (χ0v) is 13.0. The summed E-state index contributed by atoms with van der Waals surface area (Å²) in [5, 5.41) is 19.0. The van der Waals surface area contributed by atoms with Crippen molar-refractivity contribution in [2.24, 2.45) is 5.41 Å². The number of para-hydroxylation sites is 1. The fourth-order valence-electron chi connectivity index (χ4n) is 2.49. The summed E-state index contributed by atoms with van der Waals surface area (Å²) in [5.41, 5.74) is 2.08. The number of fused-ring (bicyclic) bond motifs is 1. The van der Waals surface area contributed by atoms with Crippen LogP contribution in [0.5, 0.6) is 0 Å². The smallest absolute Gasteiger partial charge is 0.196 e. The van der Waals surface area contributed by atoms with Gasteiger partial charge < -0.3 is 5.32 Å². The Bertz CT molecular complexity index is 745. The van der Waals surface area contributed by atoms with Gasteiger partial charge in [-0.3, -0.25) is 4.98 Å². The average molecular weight is 296 g/mol. The summed E-state index contributed by atoms with van der Waals surface area (Å²) >= 11 is 0. The molecule has 114 valence electrons. The monoisotopic (exact) mass is 296 g/mol. The second-order valence-corrected chi connectivity index (χ2v) is 6.65. The summed E-state index contributed by atoms with van der Waals surface area (Å²) in [4.78, 5) is 4.49. The van der Waals surface area contributed by atoms with E-state index in [0.717, 1.165) is 23.0 Å². The lowest BCUT2D eigenvalue weighted by Gasteiger charge is -2.25. The van der Waals surface area contributed by atoms with Gasteiger partial charge >= 0.3 is 0 Å². The number of hydrogen-bond donors (Lipinski definition) is 2. The molecular weight excluding hydrogens is 276 g/mol. The Morgan fingerprint density at radius 2 is 2.05 bits per heavy atom. The van der Waals surface area contributed by atoms with Crippen LogP contribution in [0, 0.1) is 5.41 Å². The van der Waals surface area contributed by atoms with E-state index in [0.29, 0.717) is 5.82 Å². The maximum absolute atomic E-state index is 4.49. The molecule has 0 radical (unpaired) electrons. The zero-order chi connectivity index (χ0) is 15.6. The van der Waals surface area contributed by atoms with Crippen LogP contribution in [-0.4, -0.2) is 25.6 Å². The van der Waals surface area contributed by atoms with Crippen molar-refractivity contribution in [3.63, 3.8) is 0 Å². The van der Waals surface area contributed by atoms with Gasteiger partial charge in [-0.25, -0.2) is 0 Å². The molecule has 6 nitrogen and oxygen atoms in total. The van der Waals surface area contributed by atoms with E-state index in [1.165, 1.54) is 0 Å². The van der Waals surface area contributed by atoms with E-state index in [1.54, 1.807) is 0 Å². The third kappa shape index (κ3) is 3.39. The van der Waals surface area contributed by atoms with Crippen LogP contribution < -0.4 is 5.32 Å². The summed E-state index contributed by atoms with van der Waals surface area (Å²) in [6.07, 6.45) is 2.73. The highest BCUT2D eigenvalue weighted by atomic mass is 15.5. The number of hydrogen-bond acceptors (Lipinski definition) is 5. The predicted octanol–water partition coefficient (Wildman–Crippen LogP) is 3.34. The lowest BCUT2D eigenvalue weighted by Crippen LogP contribution is -2.20. The molecule has 3 aromatic rings.